The fourth-order valence-corrected chi connectivity index (χ4v) is 3.92. The van der Waals surface area contributed by atoms with Crippen molar-refractivity contribution in [1.29, 1.82) is 0 Å². The van der Waals surface area contributed by atoms with Crippen molar-refractivity contribution in [2.75, 3.05) is 30.0 Å². The number of fused-ring (bicyclic) bond motifs is 1. The fraction of sp³-hybridized carbons (Fsp3) is 0.545. The summed E-state index contributed by atoms with van der Waals surface area (Å²) in [7, 11) is 0. The number of pyridine rings is 1. The summed E-state index contributed by atoms with van der Waals surface area (Å²) in [6, 6.07) is 3.37. The summed E-state index contributed by atoms with van der Waals surface area (Å²) in [5, 5.41) is 13.0. The van der Waals surface area contributed by atoms with Gasteiger partial charge < -0.3 is 20.1 Å². The third-order valence-electron chi connectivity index (χ3n) is 5.92. The molecule has 1 amide bonds. The van der Waals surface area contributed by atoms with Crippen molar-refractivity contribution in [1.82, 2.24) is 15.0 Å². The van der Waals surface area contributed by atoms with Gasteiger partial charge in [0, 0.05) is 31.5 Å². The summed E-state index contributed by atoms with van der Waals surface area (Å²) >= 11 is 0. The van der Waals surface area contributed by atoms with E-state index in [1.165, 1.54) is 0 Å². The molecular formula is C22H29N5O3. The fourth-order valence-electron chi connectivity index (χ4n) is 3.92. The van der Waals surface area contributed by atoms with Crippen LogP contribution in [0.5, 0.6) is 0 Å². The number of amides is 1. The van der Waals surface area contributed by atoms with E-state index in [0.29, 0.717) is 28.9 Å². The van der Waals surface area contributed by atoms with Gasteiger partial charge in [0.2, 0.25) is 5.91 Å². The molecule has 30 heavy (non-hydrogen) atoms. The largest absolute Gasteiger partial charge is 0.384 e. The maximum atomic E-state index is 12.4. The molecule has 8 heteroatoms. The molecule has 0 aromatic carbocycles. The van der Waals surface area contributed by atoms with Crippen LogP contribution in [0.15, 0.2) is 24.5 Å². The van der Waals surface area contributed by atoms with Crippen molar-refractivity contribution in [2.45, 2.75) is 51.7 Å². The molecule has 0 bridgehead atoms. The number of anilines is 2. The predicted octanol–water partition coefficient (Wildman–Crippen LogP) is 2.73. The van der Waals surface area contributed by atoms with E-state index >= 15 is 0 Å². The predicted molar refractivity (Wildman–Crippen MR) is 114 cm³/mol. The summed E-state index contributed by atoms with van der Waals surface area (Å²) in [5.74, 6) is 1.73. The van der Waals surface area contributed by atoms with Crippen molar-refractivity contribution in [2.24, 2.45) is 5.92 Å². The van der Waals surface area contributed by atoms with Crippen LogP contribution in [0.4, 0.5) is 11.6 Å². The molecule has 160 valence electrons. The molecule has 0 aliphatic carbocycles. The molecule has 2 aliphatic heterocycles. The number of aromatic nitrogens is 3. The zero-order chi connectivity index (χ0) is 21.3. The average Bonchev–Trinajstić information content (AvgIpc) is 2.74. The molecule has 2 aromatic heterocycles. The second-order valence-corrected chi connectivity index (χ2v) is 8.62. The van der Waals surface area contributed by atoms with Crippen LogP contribution in [-0.2, 0) is 15.1 Å². The number of rotatable bonds is 5. The minimum absolute atomic E-state index is 0.0623. The SMILES string of the molecule is C[C@@H]1C(=O)Nc2ncc(-c3ccc(C(C)(C)O)nc3)nc2N1CCC1CCOCC1. The summed E-state index contributed by atoms with van der Waals surface area (Å²) in [4.78, 5) is 28.1. The monoisotopic (exact) mass is 411 g/mol. The zero-order valence-electron chi connectivity index (χ0n) is 17.8. The molecule has 4 heterocycles. The summed E-state index contributed by atoms with van der Waals surface area (Å²) in [5.41, 5.74) is 1.09. The molecule has 1 saturated heterocycles. The molecule has 0 unspecified atom stereocenters. The van der Waals surface area contributed by atoms with E-state index < -0.39 is 5.60 Å². The van der Waals surface area contributed by atoms with Crippen molar-refractivity contribution >= 4 is 17.5 Å². The van der Waals surface area contributed by atoms with Gasteiger partial charge >= 0.3 is 0 Å². The van der Waals surface area contributed by atoms with Gasteiger partial charge in [-0.05, 0) is 58.1 Å². The Labute approximate surface area is 176 Å². The third kappa shape index (κ3) is 4.29. The molecule has 0 radical (unpaired) electrons. The highest BCUT2D eigenvalue weighted by Crippen LogP contribution is 2.32. The number of nitrogens with one attached hydrogen (secondary N) is 1. The van der Waals surface area contributed by atoms with Gasteiger partial charge in [0.1, 0.15) is 11.6 Å². The summed E-state index contributed by atoms with van der Waals surface area (Å²) < 4.78 is 5.46. The lowest BCUT2D eigenvalue weighted by Crippen LogP contribution is -2.48. The lowest BCUT2D eigenvalue weighted by molar-refractivity contribution is -0.117. The summed E-state index contributed by atoms with van der Waals surface area (Å²) in [6.45, 7) is 7.68. The molecule has 2 N–H and O–H groups in total. The van der Waals surface area contributed by atoms with E-state index in [-0.39, 0.29) is 11.9 Å². The van der Waals surface area contributed by atoms with E-state index in [1.54, 1.807) is 32.3 Å². The van der Waals surface area contributed by atoms with Gasteiger partial charge in [-0.3, -0.25) is 9.78 Å². The van der Waals surface area contributed by atoms with Crippen LogP contribution in [0.3, 0.4) is 0 Å². The third-order valence-corrected chi connectivity index (χ3v) is 5.92. The minimum Gasteiger partial charge on any atom is -0.384 e. The Balaban J connectivity index is 1.59. The van der Waals surface area contributed by atoms with E-state index in [9.17, 15) is 9.90 Å². The van der Waals surface area contributed by atoms with Gasteiger partial charge in [0.25, 0.3) is 0 Å². The summed E-state index contributed by atoms with van der Waals surface area (Å²) in [6.07, 6.45) is 6.46. The van der Waals surface area contributed by atoms with E-state index in [1.807, 2.05) is 13.0 Å². The highest BCUT2D eigenvalue weighted by molar-refractivity contribution is 6.01. The normalized spacial score (nSPS) is 20.1. The molecule has 0 spiro atoms. The number of hydrogen-bond donors (Lipinski definition) is 2. The van der Waals surface area contributed by atoms with Gasteiger partial charge in [-0.15, -0.1) is 0 Å². The van der Waals surface area contributed by atoms with Crippen molar-refractivity contribution in [3.8, 4) is 11.3 Å². The van der Waals surface area contributed by atoms with Crippen LogP contribution in [0.2, 0.25) is 0 Å². The highest BCUT2D eigenvalue weighted by atomic mass is 16.5. The van der Waals surface area contributed by atoms with E-state index in [2.05, 4.69) is 20.2 Å². The smallest absolute Gasteiger partial charge is 0.248 e. The molecule has 8 nitrogen and oxygen atoms in total. The number of carbonyl (C=O) groups is 1. The maximum Gasteiger partial charge on any atom is 0.248 e. The van der Waals surface area contributed by atoms with Gasteiger partial charge in [-0.1, -0.05) is 0 Å². The standard InChI is InChI=1S/C22H29N5O3/c1-14-21(28)26-19-20(27(14)9-6-15-7-10-30-11-8-15)25-17(13-24-19)16-4-5-18(23-12-16)22(2,3)29/h4-5,12-15,29H,6-11H2,1-3H3,(H,24,26,28)/t14-/m1/s1. The lowest BCUT2D eigenvalue weighted by Gasteiger charge is -2.36. The van der Waals surface area contributed by atoms with Crippen molar-refractivity contribution in [3.05, 3.63) is 30.2 Å². The zero-order valence-corrected chi connectivity index (χ0v) is 17.8. The molecule has 1 atom stereocenters. The van der Waals surface area contributed by atoms with Gasteiger partial charge in [-0.2, -0.15) is 0 Å². The first kappa shape index (κ1) is 20.7. The number of ether oxygens (including phenoxy) is 1. The Morgan fingerprint density at radius 3 is 2.67 bits per heavy atom. The molecule has 1 fully saturated rings. The maximum absolute atomic E-state index is 12.4. The van der Waals surface area contributed by atoms with Crippen LogP contribution in [0.1, 0.15) is 45.7 Å². The topological polar surface area (TPSA) is 100 Å². The van der Waals surface area contributed by atoms with Crippen LogP contribution < -0.4 is 10.2 Å². The highest BCUT2D eigenvalue weighted by Gasteiger charge is 2.32. The second-order valence-electron chi connectivity index (χ2n) is 8.62. The number of hydrogen-bond acceptors (Lipinski definition) is 7. The molecule has 2 aromatic rings. The average molecular weight is 412 g/mol. The Morgan fingerprint density at radius 2 is 2.00 bits per heavy atom. The number of carbonyl (C=O) groups excluding carboxylic acids is 1. The second kappa shape index (κ2) is 8.28. The van der Waals surface area contributed by atoms with Crippen molar-refractivity contribution < 1.29 is 14.6 Å². The van der Waals surface area contributed by atoms with Gasteiger partial charge in [0.05, 0.1) is 17.6 Å². The Morgan fingerprint density at radius 1 is 1.23 bits per heavy atom. The van der Waals surface area contributed by atoms with Crippen LogP contribution >= 0.6 is 0 Å². The van der Waals surface area contributed by atoms with Gasteiger partial charge in [0.15, 0.2) is 11.6 Å². The first-order chi connectivity index (χ1) is 14.3. The van der Waals surface area contributed by atoms with Crippen LogP contribution in [0, 0.1) is 5.92 Å². The van der Waals surface area contributed by atoms with Gasteiger partial charge in [-0.25, -0.2) is 9.97 Å². The number of nitrogens with zero attached hydrogens (tertiary/aromatic N) is 4. The molecule has 0 saturated carbocycles. The lowest BCUT2D eigenvalue weighted by atomic mass is 9.96. The Hall–Kier alpha value is -2.58. The Kier molecular flexibility index (Phi) is 5.71. The minimum atomic E-state index is -0.999. The molecular weight excluding hydrogens is 382 g/mol. The first-order valence-corrected chi connectivity index (χ1v) is 10.5. The Bertz CT molecular complexity index is 904. The quantitative estimate of drug-likeness (QED) is 0.780. The van der Waals surface area contributed by atoms with Crippen LogP contribution in [-0.4, -0.2) is 51.8 Å². The van der Waals surface area contributed by atoms with E-state index in [4.69, 9.17) is 9.72 Å². The van der Waals surface area contributed by atoms with Crippen molar-refractivity contribution in [3.63, 3.8) is 0 Å². The van der Waals surface area contributed by atoms with Crippen LogP contribution in [0.25, 0.3) is 11.3 Å². The van der Waals surface area contributed by atoms with E-state index in [0.717, 1.165) is 44.6 Å². The first-order valence-electron chi connectivity index (χ1n) is 10.5. The molecule has 2 aliphatic rings. The molecule has 4 rings (SSSR count). The number of aliphatic hydroxyl groups is 1.